The van der Waals surface area contributed by atoms with Crippen LogP contribution in [0.5, 0.6) is 0 Å². The molecule has 0 unspecified atom stereocenters. The van der Waals surface area contributed by atoms with Gasteiger partial charge in [-0.3, -0.25) is 4.79 Å². The smallest absolute Gasteiger partial charge is 0.303 e. The molecule has 0 aliphatic heterocycles. The van der Waals surface area contributed by atoms with Crippen molar-refractivity contribution in [3.8, 4) is 11.3 Å². The average molecular weight is 331 g/mol. The Morgan fingerprint density at radius 3 is 2.75 bits per heavy atom. The number of nitrogens with zero attached hydrogens (tertiary/aromatic N) is 4. The van der Waals surface area contributed by atoms with Gasteiger partial charge in [-0.05, 0) is 12.1 Å². The molecule has 1 amide bonds. The summed E-state index contributed by atoms with van der Waals surface area (Å²) in [6.07, 6.45) is 4.70. The summed E-state index contributed by atoms with van der Waals surface area (Å²) in [6.45, 7) is 2.14. The third-order valence-electron chi connectivity index (χ3n) is 3.50. The fourth-order valence-electron chi connectivity index (χ4n) is 2.45. The molecule has 0 aliphatic carbocycles. The van der Waals surface area contributed by atoms with Crippen LogP contribution in [0.15, 0.2) is 30.7 Å². The Morgan fingerprint density at radius 2 is 2.08 bits per heavy atom. The highest BCUT2D eigenvalue weighted by Crippen LogP contribution is 2.31. The Balaban J connectivity index is 2.17. The molecule has 24 heavy (non-hydrogen) atoms. The highest BCUT2D eigenvalue weighted by Gasteiger charge is 2.28. The van der Waals surface area contributed by atoms with Crippen molar-refractivity contribution in [2.45, 2.75) is 19.8 Å². The molecule has 0 radical (unpaired) electrons. The summed E-state index contributed by atoms with van der Waals surface area (Å²) in [5, 5.41) is 3.36. The Kier molecular flexibility index (Phi) is 3.75. The lowest BCUT2D eigenvalue weighted by Crippen LogP contribution is -2.12. The van der Waals surface area contributed by atoms with Crippen LogP contribution in [-0.4, -0.2) is 25.4 Å². The van der Waals surface area contributed by atoms with Gasteiger partial charge in [0.05, 0.1) is 17.4 Å². The third kappa shape index (κ3) is 2.94. The number of carbonyl (C=O) groups is 1. The SMILES string of the molecule is CC(=O)Nc1cc2c(-c3ccnc(C(C)(F)F)n3)cn(C)c2cn1. The summed E-state index contributed by atoms with van der Waals surface area (Å²) in [7, 11) is 1.82. The Bertz CT molecular complexity index is 930. The number of hydrogen-bond donors (Lipinski definition) is 1. The molecule has 0 aromatic carbocycles. The van der Waals surface area contributed by atoms with Gasteiger partial charge in [0.2, 0.25) is 5.91 Å². The largest absolute Gasteiger partial charge is 0.349 e. The second-order valence-corrected chi connectivity index (χ2v) is 5.58. The number of rotatable bonds is 3. The van der Waals surface area contributed by atoms with Crippen LogP contribution in [0.4, 0.5) is 14.6 Å². The maximum absolute atomic E-state index is 13.5. The predicted molar refractivity (Wildman–Crippen MR) is 85.6 cm³/mol. The van der Waals surface area contributed by atoms with Crippen molar-refractivity contribution in [3.05, 3.63) is 36.5 Å². The average Bonchev–Trinajstić information content (AvgIpc) is 2.83. The molecule has 6 nitrogen and oxygen atoms in total. The molecule has 0 saturated heterocycles. The lowest BCUT2D eigenvalue weighted by Gasteiger charge is -2.09. The van der Waals surface area contributed by atoms with E-state index in [0.717, 1.165) is 17.8 Å². The Labute approximate surface area is 136 Å². The molecular weight excluding hydrogens is 316 g/mol. The second kappa shape index (κ2) is 5.63. The van der Waals surface area contributed by atoms with E-state index in [2.05, 4.69) is 20.3 Å². The summed E-state index contributed by atoms with van der Waals surface area (Å²) in [6, 6.07) is 3.26. The van der Waals surface area contributed by atoms with Crippen LogP contribution in [0.1, 0.15) is 19.7 Å². The number of aryl methyl sites for hydroxylation is 1. The lowest BCUT2D eigenvalue weighted by molar-refractivity contribution is -0.114. The number of halogens is 2. The number of hydrogen-bond acceptors (Lipinski definition) is 4. The topological polar surface area (TPSA) is 72.7 Å². The van der Waals surface area contributed by atoms with Crippen molar-refractivity contribution in [1.29, 1.82) is 0 Å². The van der Waals surface area contributed by atoms with E-state index in [-0.39, 0.29) is 5.91 Å². The quantitative estimate of drug-likeness (QED) is 0.800. The monoisotopic (exact) mass is 331 g/mol. The van der Waals surface area contributed by atoms with E-state index >= 15 is 0 Å². The van der Waals surface area contributed by atoms with Crippen molar-refractivity contribution in [2.75, 3.05) is 5.32 Å². The van der Waals surface area contributed by atoms with Crippen LogP contribution in [0.25, 0.3) is 22.2 Å². The van der Waals surface area contributed by atoms with Crippen molar-refractivity contribution in [1.82, 2.24) is 19.5 Å². The van der Waals surface area contributed by atoms with Gasteiger partial charge in [-0.1, -0.05) is 0 Å². The number of aromatic nitrogens is 4. The second-order valence-electron chi connectivity index (χ2n) is 5.58. The van der Waals surface area contributed by atoms with Crippen LogP contribution in [-0.2, 0) is 17.8 Å². The maximum Gasteiger partial charge on any atom is 0.303 e. The van der Waals surface area contributed by atoms with Gasteiger partial charge in [0.25, 0.3) is 0 Å². The minimum absolute atomic E-state index is 0.241. The number of carbonyl (C=O) groups excluding carboxylic acids is 1. The zero-order valence-corrected chi connectivity index (χ0v) is 13.3. The van der Waals surface area contributed by atoms with Crippen molar-refractivity contribution < 1.29 is 13.6 Å². The summed E-state index contributed by atoms with van der Waals surface area (Å²) >= 11 is 0. The first-order chi connectivity index (χ1) is 11.3. The van der Waals surface area contributed by atoms with Crippen LogP contribution in [0.3, 0.4) is 0 Å². The zero-order chi connectivity index (χ0) is 17.5. The highest BCUT2D eigenvalue weighted by atomic mass is 19.3. The molecule has 8 heteroatoms. The molecule has 3 heterocycles. The molecule has 124 valence electrons. The van der Waals surface area contributed by atoms with Gasteiger partial charge < -0.3 is 9.88 Å². The van der Waals surface area contributed by atoms with E-state index < -0.39 is 11.7 Å². The number of anilines is 1. The van der Waals surface area contributed by atoms with Gasteiger partial charge >= 0.3 is 5.92 Å². The van der Waals surface area contributed by atoms with Gasteiger partial charge in [0.1, 0.15) is 5.82 Å². The number of amides is 1. The molecular formula is C16H15F2N5O. The fraction of sp³-hybridized carbons (Fsp3) is 0.250. The molecule has 0 aliphatic rings. The normalized spacial score (nSPS) is 11.7. The molecule has 1 N–H and O–H groups in total. The number of fused-ring (bicyclic) bond motifs is 1. The summed E-state index contributed by atoms with van der Waals surface area (Å²) < 4.78 is 28.8. The molecule has 3 aromatic heterocycles. The number of pyridine rings is 1. The first-order valence-corrected chi connectivity index (χ1v) is 7.20. The van der Waals surface area contributed by atoms with Crippen molar-refractivity contribution in [3.63, 3.8) is 0 Å². The molecule has 0 fully saturated rings. The van der Waals surface area contributed by atoms with E-state index in [9.17, 15) is 13.6 Å². The third-order valence-corrected chi connectivity index (χ3v) is 3.50. The van der Waals surface area contributed by atoms with E-state index in [0.29, 0.717) is 17.1 Å². The molecule has 0 atom stereocenters. The van der Waals surface area contributed by atoms with E-state index in [1.165, 1.54) is 13.1 Å². The van der Waals surface area contributed by atoms with Gasteiger partial charge in [-0.15, -0.1) is 0 Å². The van der Waals surface area contributed by atoms with Gasteiger partial charge in [0.15, 0.2) is 5.82 Å². The van der Waals surface area contributed by atoms with Gasteiger partial charge in [0, 0.05) is 44.2 Å². The summed E-state index contributed by atoms with van der Waals surface area (Å²) in [5.74, 6) is -3.51. The minimum Gasteiger partial charge on any atom is -0.349 e. The fourth-order valence-corrected chi connectivity index (χ4v) is 2.45. The lowest BCUT2D eigenvalue weighted by atomic mass is 10.1. The molecule has 3 aromatic rings. The summed E-state index contributed by atoms with van der Waals surface area (Å²) in [5.41, 5.74) is 1.84. The van der Waals surface area contributed by atoms with Gasteiger partial charge in [-0.2, -0.15) is 8.78 Å². The van der Waals surface area contributed by atoms with Gasteiger partial charge in [-0.25, -0.2) is 15.0 Å². The highest BCUT2D eigenvalue weighted by molar-refractivity contribution is 5.98. The minimum atomic E-state index is -3.12. The zero-order valence-electron chi connectivity index (χ0n) is 13.3. The first kappa shape index (κ1) is 16.0. The van der Waals surface area contributed by atoms with Crippen LogP contribution < -0.4 is 5.32 Å². The van der Waals surface area contributed by atoms with Crippen molar-refractivity contribution >= 4 is 22.6 Å². The molecule has 0 spiro atoms. The predicted octanol–water partition coefficient (Wildman–Crippen LogP) is 3.10. The van der Waals surface area contributed by atoms with Crippen LogP contribution in [0.2, 0.25) is 0 Å². The number of alkyl halides is 2. The molecule has 0 bridgehead atoms. The molecule has 3 rings (SSSR count). The van der Waals surface area contributed by atoms with E-state index in [4.69, 9.17) is 0 Å². The number of nitrogens with one attached hydrogen (secondary N) is 1. The van der Waals surface area contributed by atoms with Crippen LogP contribution >= 0.6 is 0 Å². The van der Waals surface area contributed by atoms with E-state index in [1.807, 2.05) is 11.6 Å². The summed E-state index contributed by atoms with van der Waals surface area (Å²) in [4.78, 5) is 23.0. The van der Waals surface area contributed by atoms with Crippen LogP contribution in [0, 0.1) is 0 Å². The van der Waals surface area contributed by atoms with Crippen molar-refractivity contribution in [2.24, 2.45) is 7.05 Å². The molecule has 0 saturated carbocycles. The Hall–Kier alpha value is -2.90. The Morgan fingerprint density at radius 1 is 1.33 bits per heavy atom. The standard InChI is InChI=1S/C16H15F2N5O/c1-9(24)21-14-6-10-11(8-23(3)13(10)7-20-14)12-4-5-19-15(22-12)16(2,17)18/h4-8H,1-3H3,(H,20,21,24). The van der Waals surface area contributed by atoms with E-state index in [1.54, 1.807) is 24.5 Å². The first-order valence-electron chi connectivity index (χ1n) is 7.20. The maximum atomic E-state index is 13.5.